The summed E-state index contributed by atoms with van der Waals surface area (Å²) < 4.78 is 15.9. The average Bonchev–Trinajstić information content (AvgIpc) is 2.75. The van der Waals surface area contributed by atoms with Crippen LogP contribution in [0.2, 0.25) is 0 Å². The number of amides is 2. The largest absolute Gasteiger partial charge is 0.493 e. The summed E-state index contributed by atoms with van der Waals surface area (Å²) in [6.45, 7) is 2.01. The van der Waals surface area contributed by atoms with Crippen LogP contribution in [0.25, 0.3) is 6.08 Å². The van der Waals surface area contributed by atoms with Crippen LogP contribution < -0.4 is 19.5 Å². The second-order valence-electron chi connectivity index (χ2n) is 6.67. The van der Waals surface area contributed by atoms with Gasteiger partial charge in [-0.15, -0.1) is 0 Å². The first-order valence-corrected chi connectivity index (χ1v) is 9.51. The third-order valence-electron chi connectivity index (χ3n) is 4.83. The number of hydrogen-bond acceptors (Lipinski definition) is 5. The summed E-state index contributed by atoms with van der Waals surface area (Å²) in [5.41, 5.74) is 2.96. The zero-order valence-electron chi connectivity index (χ0n) is 17.4. The molecule has 0 fully saturated rings. The first-order valence-electron chi connectivity index (χ1n) is 9.51. The van der Waals surface area contributed by atoms with Crippen LogP contribution in [0.15, 0.2) is 58.8 Å². The van der Waals surface area contributed by atoms with Gasteiger partial charge in [-0.25, -0.2) is 4.99 Å². The Labute approximate surface area is 175 Å². The zero-order valence-corrected chi connectivity index (χ0v) is 17.4. The van der Waals surface area contributed by atoms with Crippen LogP contribution in [-0.4, -0.2) is 38.9 Å². The first kappa shape index (κ1) is 21.1. The molecule has 1 atom stereocenters. The highest BCUT2D eigenvalue weighted by atomic mass is 16.5. The number of fused-ring (bicyclic) bond motifs is 1. The van der Waals surface area contributed by atoms with Gasteiger partial charge in [0, 0.05) is 23.8 Å². The molecule has 30 heavy (non-hydrogen) atoms. The summed E-state index contributed by atoms with van der Waals surface area (Å²) in [5.74, 6) is 0.914. The molecule has 0 aromatic heterocycles. The van der Waals surface area contributed by atoms with E-state index in [1.807, 2.05) is 13.0 Å². The standard InChI is InChI=1S/C23H24N2O5/c1-5-15-12-22(27)25-18-13-16(7-8-17(15)18)24-21(26)9-6-14-10-19(28-2)23(30-4)20(11-14)29-3/h6-13,17H,5H2,1-4H3,(H,25,27)/b9-6+,24-16?. The number of methoxy groups -OCH3 is 3. The molecule has 7 nitrogen and oxygen atoms in total. The zero-order chi connectivity index (χ0) is 21.7. The van der Waals surface area contributed by atoms with E-state index >= 15 is 0 Å². The van der Waals surface area contributed by atoms with Crippen LogP contribution in [0.3, 0.4) is 0 Å². The summed E-state index contributed by atoms with van der Waals surface area (Å²) >= 11 is 0. The Bertz CT molecular complexity index is 989. The van der Waals surface area contributed by atoms with E-state index in [1.54, 1.807) is 36.4 Å². The number of hydrogen-bond donors (Lipinski definition) is 1. The first-order chi connectivity index (χ1) is 14.5. The van der Waals surface area contributed by atoms with Gasteiger partial charge < -0.3 is 19.5 Å². The molecule has 3 rings (SSSR count). The van der Waals surface area contributed by atoms with E-state index in [2.05, 4.69) is 10.3 Å². The Balaban J connectivity index is 1.79. The van der Waals surface area contributed by atoms with E-state index in [0.717, 1.165) is 17.7 Å². The summed E-state index contributed by atoms with van der Waals surface area (Å²) in [5, 5.41) is 2.82. The van der Waals surface area contributed by atoms with Crippen molar-refractivity contribution in [3.63, 3.8) is 0 Å². The highest BCUT2D eigenvalue weighted by Crippen LogP contribution is 2.38. The van der Waals surface area contributed by atoms with Crippen LogP contribution in [0, 0.1) is 5.92 Å². The minimum atomic E-state index is -0.424. The predicted molar refractivity (Wildman–Crippen MR) is 115 cm³/mol. The summed E-state index contributed by atoms with van der Waals surface area (Å²) in [7, 11) is 4.59. The smallest absolute Gasteiger partial charge is 0.270 e. The Hall–Kier alpha value is -3.61. The van der Waals surface area contributed by atoms with Crippen molar-refractivity contribution in [3.8, 4) is 17.2 Å². The van der Waals surface area contributed by atoms with Gasteiger partial charge in [0.1, 0.15) is 0 Å². The number of allylic oxidation sites excluding steroid dienone is 3. The van der Waals surface area contributed by atoms with Gasteiger partial charge in [0.2, 0.25) is 11.7 Å². The summed E-state index contributed by atoms with van der Waals surface area (Å²) in [4.78, 5) is 28.3. The Morgan fingerprint density at radius 2 is 1.83 bits per heavy atom. The number of rotatable bonds is 6. The number of aliphatic imine (C=N–C) groups is 1. The SMILES string of the molecule is CCC1=CC(=O)NC2=CC(=NC(=O)/C=C/c3cc(OC)c(OC)c(OC)c3)C=CC12. The van der Waals surface area contributed by atoms with Crippen molar-refractivity contribution in [1.29, 1.82) is 0 Å². The maximum absolute atomic E-state index is 12.3. The number of nitrogens with zero attached hydrogens (tertiary/aromatic N) is 1. The molecule has 1 heterocycles. The highest BCUT2D eigenvalue weighted by molar-refractivity contribution is 6.13. The van der Waals surface area contributed by atoms with Gasteiger partial charge in [0.05, 0.1) is 27.0 Å². The van der Waals surface area contributed by atoms with Gasteiger partial charge in [-0.2, -0.15) is 0 Å². The third-order valence-corrected chi connectivity index (χ3v) is 4.83. The van der Waals surface area contributed by atoms with Gasteiger partial charge >= 0.3 is 0 Å². The summed E-state index contributed by atoms with van der Waals surface area (Å²) in [6, 6.07) is 3.48. The molecule has 1 N–H and O–H groups in total. The van der Waals surface area contributed by atoms with Crippen molar-refractivity contribution in [1.82, 2.24) is 5.32 Å². The minimum Gasteiger partial charge on any atom is -0.493 e. The van der Waals surface area contributed by atoms with Crippen molar-refractivity contribution < 1.29 is 23.8 Å². The maximum Gasteiger partial charge on any atom is 0.270 e. The fraction of sp³-hybridized carbons (Fsp3) is 0.261. The normalized spacial score (nSPS) is 19.1. The molecule has 1 aromatic rings. The molecule has 2 amide bonds. The third kappa shape index (κ3) is 4.51. The number of carbonyl (C=O) groups excluding carboxylic acids is 2. The number of benzene rings is 1. The Morgan fingerprint density at radius 3 is 2.43 bits per heavy atom. The van der Waals surface area contributed by atoms with Crippen LogP contribution in [0.4, 0.5) is 0 Å². The topological polar surface area (TPSA) is 86.2 Å². The second kappa shape index (κ2) is 9.26. The van der Waals surface area contributed by atoms with Crippen molar-refractivity contribution in [3.05, 3.63) is 59.3 Å². The summed E-state index contributed by atoms with van der Waals surface area (Å²) in [6.07, 6.45) is 10.9. The predicted octanol–water partition coefficient (Wildman–Crippen LogP) is 3.23. The van der Waals surface area contributed by atoms with Crippen LogP contribution in [-0.2, 0) is 9.59 Å². The number of ether oxygens (including phenoxy) is 3. The lowest BCUT2D eigenvalue weighted by molar-refractivity contribution is -0.116. The molecule has 0 saturated heterocycles. The van der Waals surface area contributed by atoms with Gasteiger partial charge in [-0.3, -0.25) is 9.59 Å². The van der Waals surface area contributed by atoms with Gasteiger partial charge in [-0.1, -0.05) is 18.6 Å². The van der Waals surface area contributed by atoms with Gasteiger partial charge in [0.15, 0.2) is 11.5 Å². The second-order valence-corrected chi connectivity index (χ2v) is 6.67. The fourth-order valence-electron chi connectivity index (χ4n) is 3.39. The van der Waals surface area contributed by atoms with Crippen LogP contribution in [0.1, 0.15) is 18.9 Å². The molecule has 0 saturated carbocycles. The Kier molecular flexibility index (Phi) is 6.51. The molecule has 1 aliphatic heterocycles. The lowest BCUT2D eigenvalue weighted by Gasteiger charge is -2.26. The molecule has 1 aromatic carbocycles. The van der Waals surface area contributed by atoms with E-state index in [1.165, 1.54) is 27.4 Å². The molecule has 2 aliphatic rings. The number of carbonyl (C=O) groups is 2. The molecule has 0 radical (unpaired) electrons. The van der Waals surface area contributed by atoms with E-state index in [9.17, 15) is 9.59 Å². The molecule has 0 spiro atoms. The Morgan fingerprint density at radius 1 is 1.13 bits per heavy atom. The lowest BCUT2D eigenvalue weighted by atomic mass is 9.86. The fourth-order valence-corrected chi connectivity index (χ4v) is 3.39. The van der Waals surface area contributed by atoms with Crippen molar-refractivity contribution in [2.24, 2.45) is 10.9 Å². The monoisotopic (exact) mass is 408 g/mol. The minimum absolute atomic E-state index is 0.0246. The number of nitrogens with one attached hydrogen (secondary N) is 1. The highest BCUT2D eigenvalue weighted by Gasteiger charge is 2.25. The van der Waals surface area contributed by atoms with E-state index in [0.29, 0.717) is 28.5 Å². The van der Waals surface area contributed by atoms with E-state index in [4.69, 9.17) is 14.2 Å². The molecule has 7 heteroatoms. The molecule has 1 unspecified atom stereocenters. The quantitative estimate of drug-likeness (QED) is 0.731. The van der Waals surface area contributed by atoms with Crippen molar-refractivity contribution in [2.75, 3.05) is 21.3 Å². The van der Waals surface area contributed by atoms with E-state index in [-0.39, 0.29) is 11.8 Å². The molecule has 156 valence electrons. The lowest BCUT2D eigenvalue weighted by Crippen LogP contribution is -2.33. The van der Waals surface area contributed by atoms with E-state index < -0.39 is 5.91 Å². The molecule has 1 aliphatic carbocycles. The molecule has 0 bridgehead atoms. The van der Waals surface area contributed by atoms with Crippen molar-refractivity contribution in [2.45, 2.75) is 13.3 Å². The van der Waals surface area contributed by atoms with Gasteiger partial charge in [-0.05, 0) is 42.3 Å². The molecular weight excluding hydrogens is 384 g/mol. The van der Waals surface area contributed by atoms with Gasteiger partial charge in [0.25, 0.3) is 5.91 Å². The van der Waals surface area contributed by atoms with Crippen molar-refractivity contribution >= 4 is 23.6 Å². The maximum atomic E-state index is 12.3. The average molecular weight is 408 g/mol. The van der Waals surface area contributed by atoms with Crippen LogP contribution in [0.5, 0.6) is 17.2 Å². The molecular formula is C23H24N2O5. The van der Waals surface area contributed by atoms with Crippen LogP contribution >= 0.6 is 0 Å².